The van der Waals surface area contributed by atoms with E-state index in [4.69, 9.17) is 11.6 Å². The summed E-state index contributed by atoms with van der Waals surface area (Å²) in [7, 11) is 0. The molecule has 1 heterocycles. The summed E-state index contributed by atoms with van der Waals surface area (Å²) in [6.07, 6.45) is 1.67. The lowest BCUT2D eigenvalue weighted by Crippen LogP contribution is -2.28. The van der Waals surface area contributed by atoms with E-state index in [0.29, 0.717) is 10.2 Å². The minimum Gasteiger partial charge on any atom is -0.349 e. The number of nitrogens with zero attached hydrogens (tertiary/aromatic N) is 3. The van der Waals surface area contributed by atoms with Crippen molar-refractivity contribution in [2.45, 2.75) is 32.0 Å². The van der Waals surface area contributed by atoms with Crippen molar-refractivity contribution in [3.8, 4) is 5.69 Å². The van der Waals surface area contributed by atoms with Gasteiger partial charge in [-0.05, 0) is 44.0 Å². The molecule has 140 valence electrons. The summed E-state index contributed by atoms with van der Waals surface area (Å²) < 4.78 is 1.91. The fourth-order valence-electron chi connectivity index (χ4n) is 2.88. The minimum absolute atomic E-state index is 0.0809. The number of hydrogen-bond donors (Lipinski definition) is 1. The van der Waals surface area contributed by atoms with Gasteiger partial charge in [-0.3, -0.25) is 9.36 Å². The van der Waals surface area contributed by atoms with Gasteiger partial charge in [-0.15, -0.1) is 10.2 Å². The SMILES string of the molecule is Cc1ccc(-n2cnnc2SCC(=O)NC(C)c2ccccc2Cl)c(C)c1. The Morgan fingerprint density at radius 3 is 2.78 bits per heavy atom. The molecule has 1 N–H and O–H groups in total. The molecule has 2 aromatic carbocycles. The van der Waals surface area contributed by atoms with Gasteiger partial charge in [0, 0.05) is 5.02 Å². The summed E-state index contributed by atoms with van der Waals surface area (Å²) in [5.41, 5.74) is 4.24. The molecule has 0 bridgehead atoms. The van der Waals surface area contributed by atoms with Crippen molar-refractivity contribution in [3.05, 3.63) is 70.5 Å². The molecule has 0 spiro atoms. The van der Waals surface area contributed by atoms with Crippen LogP contribution in [0.15, 0.2) is 53.9 Å². The first-order valence-electron chi connectivity index (χ1n) is 8.60. The highest BCUT2D eigenvalue weighted by atomic mass is 35.5. The Bertz CT molecular complexity index is 957. The van der Waals surface area contributed by atoms with Gasteiger partial charge in [0.05, 0.1) is 17.5 Å². The molecule has 0 saturated heterocycles. The number of rotatable bonds is 6. The van der Waals surface area contributed by atoms with Crippen LogP contribution in [0.4, 0.5) is 0 Å². The number of amides is 1. The number of benzene rings is 2. The van der Waals surface area contributed by atoms with Crippen molar-refractivity contribution in [2.24, 2.45) is 0 Å². The van der Waals surface area contributed by atoms with E-state index in [1.165, 1.54) is 17.3 Å². The van der Waals surface area contributed by atoms with Gasteiger partial charge in [0.2, 0.25) is 5.91 Å². The van der Waals surface area contributed by atoms with Crippen LogP contribution in [0.5, 0.6) is 0 Å². The van der Waals surface area contributed by atoms with Gasteiger partial charge >= 0.3 is 0 Å². The van der Waals surface area contributed by atoms with Gasteiger partial charge in [-0.1, -0.05) is 59.3 Å². The van der Waals surface area contributed by atoms with Crippen molar-refractivity contribution in [1.82, 2.24) is 20.1 Å². The molecule has 0 fully saturated rings. The highest BCUT2D eigenvalue weighted by molar-refractivity contribution is 7.99. The number of nitrogens with one attached hydrogen (secondary N) is 1. The topological polar surface area (TPSA) is 59.8 Å². The predicted molar refractivity (Wildman–Crippen MR) is 110 cm³/mol. The van der Waals surface area contributed by atoms with E-state index >= 15 is 0 Å². The molecule has 0 aliphatic rings. The predicted octanol–water partition coefficient (Wildman–Crippen LogP) is 4.51. The molecule has 1 unspecified atom stereocenters. The average Bonchev–Trinajstić information content (AvgIpc) is 3.08. The molecule has 1 amide bonds. The van der Waals surface area contributed by atoms with E-state index in [1.807, 2.05) is 41.8 Å². The fraction of sp³-hybridized carbons (Fsp3) is 0.250. The molecule has 1 atom stereocenters. The number of aryl methyl sites for hydroxylation is 2. The van der Waals surface area contributed by atoms with E-state index in [1.54, 1.807) is 6.33 Å². The van der Waals surface area contributed by atoms with E-state index < -0.39 is 0 Å². The summed E-state index contributed by atoms with van der Waals surface area (Å²) in [5.74, 6) is 0.167. The van der Waals surface area contributed by atoms with Crippen LogP contribution >= 0.6 is 23.4 Å². The molecule has 27 heavy (non-hydrogen) atoms. The molecule has 0 saturated carbocycles. The molecule has 0 aliphatic carbocycles. The Morgan fingerprint density at radius 1 is 1.26 bits per heavy atom. The first-order valence-corrected chi connectivity index (χ1v) is 9.96. The third-order valence-corrected chi connectivity index (χ3v) is 5.50. The van der Waals surface area contributed by atoms with Gasteiger partial charge in [-0.25, -0.2) is 0 Å². The summed E-state index contributed by atoms with van der Waals surface area (Å²) in [4.78, 5) is 12.4. The third-order valence-electron chi connectivity index (χ3n) is 4.21. The normalized spacial score (nSPS) is 12.0. The van der Waals surface area contributed by atoms with Crippen LogP contribution in [0.2, 0.25) is 5.02 Å². The smallest absolute Gasteiger partial charge is 0.230 e. The molecule has 3 rings (SSSR count). The van der Waals surface area contributed by atoms with Gasteiger partial charge in [0.25, 0.3) is 0 Å². The van der Waals surface area contributed by atoms with Crippen molar-refractivity contribution in [3.63, 3.8) is 0 Å². The van der Waals surface area contributed by atoms with Crippen molar-refractivity contribution in [2.75, 3.05) is 5.75 Å². The second-order valence-corrected chi connectivity index (χ2v) is 7.72. The minimum atomic E-state index is -0.163. The van der Waals surface area contributed by atoms with Crippen LogP contribution in [0, 0.1) is 13.8 Å². The van der Waals surface area contributed by atoms with Crippen molar-refractivity contribution in [1.29, 1.82) is 0 Å². The monoisotopic (exact) mass is 400 g/mol. The van der Waals surface area contributed by atoms with E-state index in [2.05, 4.69) is 41.5 Å². The lowest BCUT2D eigenvalue weighted by atomic mass is 10.1. The lowest BCUT2D eigenvalue weighted by Gasteiger charge is -2.15. The van der Waals surface area contributed by atoms with Crippen LogP contribution in [0.1, 0.15) is 29.7 Å². The van der Waals surface area contributed by atoms with Crippen molar-refractivity contribution < 1.29 is 4.79 Å². The zero-order valence-electron chi connectivity index (χ0n) is 15.4. The average molecular weight is 401 g/mol. The van der Waals surface area contributed by atoms with Crippen LogP contribution in [-0.2, 0) is 4.79 Å². The number of carbonyl (C=O) groups is 1. The molecule has 1 aromatic heterocycles. The molecule has 5 nitrogen and oxygen atoms in total. The molecule has 3 aromatic rings. The number of aromatic nitrogens is 3. The standard InChI is InChI=1S/C20H21ClN4OS/c1-13-8-9-18(14(2)10-13)25-12-22-24-20(25)27-11-19(26)23-15(3)16-6-4-5-7-17(16)21/h4-10,12,15H,11H2,1-3H3,(H,23,26). The number of halogens is 1. The summed E-state index contributed by atoms with van der Waals surface area (Å²) in [5, 5.41) is 12.5. The molecule has 0 aliphatic heterocycles. The number of carbonyl (C=O) groups excluding carboxylic acids is 1. The van der Waals surface area contributed by atoms with Gasteiger partial charge in [0.1, 0.15) is 6.33 Å². The Hall–Kier alpha value is -2.31. The van der Waals surface area contributed by atoms with Gasteiger partial charge in [0.15, 0.2) is 5.16 Å². The maximum absolute atomic E-state index is 12.4. The highest BCUT2D eigenvalue weighted by Crippen LogP contribution is 2.24. The van der Waals surface area contributed by atoms with Crippen LogP contribution in [0.25, 0.3) is 5.69 Å². The summed E-state index contributed by atoms with van der Waals surface area (Å²) >= 11 is 7.55. The summed E-state index contributed by atoms with van der Waals surface area (Å²) in [6.45, 7) is 6.03. The maximum Gasteiger partial charge on any atom is 0.230 e. The van der Waals surface area contributed by atoms with Crippen molar-refractivity contribution >= 4 is 29.3 Å². The Balaban J connectivity index is 1.65. The van der Waals surface area contributed by atoms with Gasteiger partial charge < -0.3 is 5.32 Å². The maximum atomic E-state index is 12.4. The van der Waals surface area contributed by atoms with E-state index in [-0.39, 0.29) is 17.7 Å². The molecular weight excluding hydrogens is 380 g/mol. The zero-order chi connectivity index (χ0) is 19.4. The van der Waals surface area contributed by atoms with Gasteiger partial charge in [-0.2, -0.15) is 0 Å². The number of hydrogen-bond acceptors (Lipinski definition) is 4. The first-order chi connectivity index (χ1) is 13.0. The second-order valence-electron chi connectivity index (χ2n) is 6.37. The highest BCUT2D eigenvalue weighted by Gasteiger charge is 2.15. The Morgan fingerprint density at radius 2 is 2.04 bits per heavy atom. The lowest BCUT2D eigenvalue weighted by molar-refractivity contribution is -0.119. The molecular formula is C20H21ClN4OS. The Labute approximate surface area is 168 Å². The third kappa shape index (κ3) is 4.70. The van der Waals surface area contributed by atoms with Crippen LogP contribution in [0.3, 0.4) is 0 Å². The Kier molecular flexibility index (Phi) is 6.19. The van der Waals surface area contributed by atoms with Crippen LogP contribution < -0.4 is 5.32 Å². The van der Waals surface area contributed by atoms with E-state index in [9.17, 15) is 4.79 Å². The zero-order valence-corrected chi connectivity index (χ0v) is 17.0. The number of thioether (sulfide) groups is 1. The molecule has 0 radical (unpaired) electrons. The fourth-order valence-corrected chi connectivity index (χ4v) is 3.91. The van der Waals surface area contributed by atoms with E-state index in [0.717, 1.165) is 16.8 Å². The summed E-state index contributed by atoms with van der Waals surface area (Å²) in [6, 6.07) is 13.6. The largest absolute Gasteiger partial charge is 0.349 e. The quantitative estimate of drug-likeness (QED) is 0.618. The van der Waals surface area contributed by atoms with Crippen LogP contribution in [-0.4, -0.2) is 26.4 Å². The first kappa shape index (κ1) is 19.5. The second kappa shape index (κ2) is 8.59. The molecule has 7 heteroatoms.